The summed E-state index contributed by atoms with van der Waals surface area (Å²) in [5.41, 5.74) is 8.02. The summed E-state index contributed by atoms with van der Waals surface area (Å²) in [4.78, 5) is 0. The number of rotatable bonds is 3. The fraction of sp³-hybridized carbons (Fsp3) is 0.400. The van der Waals surface area contributed by atoms with E-state index in [4.69, 9.17) is 10.3 Å². The summed E-state index contributed by atoms with van der Waals surface area (Å²) in [6.07, 6.45) is 6.21. The Kier molecular flexibility index (Phi) is 3.60. The predicted octanol–water partition coefficient (Wildman–Crippen LogP) is 4.42. The Morgan fingerprint density at radius 2 is 1.89 bits per heavy atom. The summed E-state index contributed by atoms with van der Waals surface area (Å²) >= 11 is 3.45. The third-order valence-corrected chi connectivity index (χ3v) is 4.40. The van der Waals surface area contributed by atoms with Gasteiger partial charge in [-0.05, 0) is 23.6 Å². The minimum Gasteiger partial charge on any atom is -0.380 e. The lowest BCUT2D eigenvalue weighted by Gasteiger charge is -2.08. The Hall–Kier alpha value is -1.29. The molecule has 0 saturated heterocycles. The van der Waals surface area contributed by atoms with Crippen LogP contribution < -0.4 is 5.73 Å². The number of benzene rings is 1. The van der Waals surface area contributed by atoms with Crippen LogP contribution in [0, 0.1) is 5.92 Å². The molecule has 3 nitrogen and oxygen atoms in total. The van der Waals surface area contributed by atoms with Crippen molar-refractivity contribution in [2.75, 3.05) is 5.73 Å². The van der Waals surface area contributed by atoms with Crippen molar-refractivity contribution in [2.24, 2.45) is 5.92 Å². The molecule has 0 spiro atoms. The van der Waals surface area contributed by atoms with Gasteiger partial charge in [-0.15, -0.1) is 0 Å². The molecule has 1 saturated carbocycles. The first-order valence-corrected chi connectivity index (χ1v) is 7.53. The van der Waals surface area contributed by atoms with Gasteiger partial charge in [0.05, 0.1) is 5.56 Å². The van der Waals surface area contributed by atoms with E-state index in [9.17, 15) is 0 Å². The monoisotopic (exact) mass is 320 g/mol. The zero-order chi connectivity index (χ0) is 13.2. The highest BCUT2D eigenvalue weighted by atomic mass is 79.9. The van der Waals surface area contributed by atoms with Crippen molar-refractivity contribution in [2.45, 2.75) is 32.1 Å². The molecule has 2 N–H and O–H groups in total. The van der Waals surface area contributed by atoms with Crippen LogP contribution in [-0.4, -0.2) is 5.16 Å². The number of nitrogens with zero attached hydrogens (tertiary/aromatic N) is 1. The quantitative estimate of drug-likeness (QED) is 0.910. The zero-order valence-electron chi connectivity index (χ0n) is 10.7. The maximum absolute atomic E-state index is 5.97. The van der Waals surface area contributed by atoms with E-state index in [-0.39, 0.29) is 0 Å². The van der Waals surface area contributed by atoms with Crippen molar-refractivity contribution in [1.29, 1.82) is 0 Å². The molecule has 0 radical (unpaired) electrons. The molecule has 19 heavy (non-hydrogen) atoms. The summed E-state index contributed by atoms with van der Waals surface area (Å²) in [5.74, 6) is 2.16. The van der Waals surface area contributed by atoms with Crippen LogP contribution >= 0.6 is 15.9 Å². The SMILES string of the molecule is Nc1noc(CC2CCCC2)c1-c1ccc(Br)cc1. The molecule has 1 aliphatic carbocycles. The number of nitrogens with two attached hydrogens (primary N) is 1. The fourth-order valence-electron chi connectivity index (χ4n) is 2.88. The van der Waals surface area contributed by atoms with E-state index in [0.717, 1.165) is 33.7 Å². The lowest BCUT2D eigenvalue weighted by Crippen LogP contribution is -1.99. The van der Waals surface area contributed by atoms with Gasteiger partial charge in [0.2, 0.25) is 0 Å². The Labute approximate surface area is 121 Å². The summed E-state index contributed by atoms with van der Waals surface area (Å²) in [7, 11) is 0. The van der Waals surface area contributed by atoms with E-state index in [1.165, 1.54) is 25.7 Å². The van der Waals surface area contributed by atoms with Gasteiger partial charge in [0.25, 0.3) is 0 Å². The van der Waals surface area contributed by atoms with Crippen molar-refractivity contribution in [3.63, 3.8) is 0 Å². The lowest BCUT2D eigenvalue weighted by molar-refractivity contribution is 0.362. The molecule has 0 atom stereocenters. The van der Waals surface area contributed by atoms with Crippen LogP contribution in [0.4, 0.5) is 5.82 Å². The average Bonchev–Trinajstić information content (AvgIpc) is 3.02. The number of hydrogen-bond donors (Lipinski definition) is 1. The molecule has 1 fully saturated rings. The summed E-state index contributed by atoms with van der Waals surface area (Å²) < 4.78 is 6.51. The number of nitrogen functional groups attached to an aromatic ring is 1. The van der Waals surface area contributed by atoms with Crippen LogP contribution in [0.1, 0.15) is 31.4 Å². The van der Waals surface area contributed by atoms with E-state index in [2.05, 4.69) is 21.1 Å². The van der Waals surface area contributed by atoms with Crippen molar-refractivity contribution < 1.29 is 4.52 Å². The molecule has 1 aliphatic rings. The second-order valence-electron chi connectivity index (χ2n) is 5.23. The van der Waals surface area contributed by atoms with Crippen LogP contribution in [0.3, 0.4) is 0 Å². The summed E-state index contributed by atoms with van der Waals surface area (Å²) in [6.45, 7) is 0. The molecule has 1 aromatic heterocycles. The van der Waals surface area contributed by atoms with E-state index in [1.54, 1.807) is 0 Å². The van der Waals surface area contributed by atoms with Crippen molar-refractivity contribution >= 4 is 21.7 Å². The van der Waals surface area contributed by atoms with Crippen molar-refractivity contribution in [3.05, 3.63) is 34.5 Å². The number of halogens is 1. The van der Waals surface area contributed by atoms with Crippen molar-refractivity contribution in [1.82, 2.24) is 5.16 Å². The second kappa shape index (κ2) is 5.37. The molecule has 0 bridgehead atoms. The highest BCUT2D eigenvalue weighted by molar-refractivity contribution is 9.10. The normalized spacial score (nSPS) is 16.1. The van der Waals surface area contributed by atoms with Crippen molar-refractivity contribution in [3.8, 4) is 11.1 Å². The maximum Gasteiger partial charge on any atom is 0.175 e. The average molecular weight is 321 g/mol. The molecule has 1 aromatic carbocycles. The van der Waals surface area contributed by atoms with Gasteiger partial charge in [-0.2, -0.15) is 0 Å². The third-order valence-electron chi connectivity index (χ3n) is 3.87. The molecule has 0 amide bonds. The molecule has 4 heteroatoms. The number of aromatic nitrogens is 1. The molecule has 1 heterocycles. The molecule has 3 rings (SSSR count). The van der Waals surface area contributed by atoms with Gasteiger partial charge in [0.1, 0.15) is 5.76 Å². The molecular weight excluding hydrogens is 304 g/mol. The van der Waals surface area contributed by atoms with E-state index in [1.807, 2.05) is 24.3 Å². The number of anilines is 1. The van der Waals surface area contributed by atoms with E-state index in [0.29, 0.717) is 5.82 Å². The van der Waals surface area contributed by atoms with Gasteiger partial charge in [0, 0.05) is 10.9 Å². The van der Waals surface area contributed by atoms with E-state index < -0.39 is 0 Å². The van der Waals surface area contributed by atoms with Crippen LogP contribution in [0.15, 0.2) is 33.3 Å². The largest absolute Gasteiger partial charge is 0.380 e. The number of hydrogen-bond acceptors (Lipinski definition) is 3. The Morgan fingerprint density at radius 1 is 1.21 bits per heavy atom. The minimum absolute atomic E-state index is 0.496. The van der Waals surface area contributed by atoms with Gasteiger partial charge in [-0.25, -0.2) is 0 Å². The van der Waals surface area contributed by atoms with Gasteiger partial charge in [-0.1, -0.05) is 58.9 Å². The third kappa shape index (κ3) is 2.68. The van der Waals surface area contributed by atoms with Crippen LogP contribution in [0.25, 0.3) is 11.1 Å². The topological polar surface area (TPSA) is 52.0 Å². The first-order chi connectivity index (χ1) is 9.24. The molecular formula is C15H17BrN2O. The molecule has 0 unspecified atom stereocenters. The van der Waals surface area contributed by atoms with Crippen LogP contribution in [-0.2, 0) is 6.42 Å². The summed E-state index contributed by atoms with van der Waals surface area (Å²) in [6, 6.07) is 8.12. The highest BCUT2D eigenvalue weighted by Gasteiger charge is 2.22. The van der Waals surface area contributed by atoms with Gasteiger partial charge in [-0.3, -0.25) is 0 Å². The van der Waals surface area contributed by atoms with Gasteiger partial charge >= 0.3 is 0 Å². The minimum atomic E-state index is 0.496. The first-order valence-electron chi connectivity index (χ1n) is 6.74. The Balaban J connectivity index is 1.91. The Bertz CT molecular complexity index is 556. The van der Waals surface area contributed by atoms with Crippen LogP contribution in [0.5, 0.6) is 0 Å². The van der Waals surface area contributed by atoms with Gasteiger partial charge in [0.15, 0.2) is 5.82 Å². The smallest absolute Gasteiger partial charge is 0.175 e. The standard InChI is InChI=1S/C15H17BrN2O/c16-12-7-5-11(6-8-12)14-13(19-18-15(14)17)9-10-3-1-2-4-10/h5-8,10H,1-4,9H2,(H2,17,18). The van der Waals surface area contributed by atoms with E-state index >= 15 is 0 Å². The fourth-order valence-corrected chi connectivity index (χ4v) is 3.14. The van der Waals surface area contributed by atoms with Crippen LogP contribution in [0.2, 0.25) is 0 Å². The lowest BCUT2D eigenvalue weighted by atomic mass is 9.97. The molecule has 0 aliphatic heterocycles. The first kappa shape index (κ1) is 12.7. The zero-order valence-corrected chi connectivity index (χ0v) is 12.3. The second-order valence-corrected chi connectivity index (χ2v) is 6.14. The Morgan fingerprint density at radius 3 is 2.58 bits per heavy atom. The molecule has 100 valence electrons. The van der Waals surface area contributed by atoms with Gasteiger partial charge < -0.3 is 10.3 Å². The highest BCUT2D eigenvalue weighted by Crippen LogP contribution is 2.35. The maximum atomic E-state index is 5.97. The molecule has 2 aromatic rings. The summed E-state index contributed by atoms with van der Waals surface area (Å²) in [5, 5.41) is 3.95. The predicted molar refractivity (Wildman–Crippen MR) is 79.7 cm³/mol.